The van der Waals surface area contributed by atoms with E-state index >= 15 is 0 Å². The Hall–Kier alpha value is -1.76. The number of nitrogens with zero attached hydrogens (tertiary/aromatic N) is 1. The summed E-state index contributed by atoms with van der Waals surface area (Å²) in [7, 11) is 3.42. The maximum atomic E-state index is 11.6. The van der Waals surface area contributed by atoms with Crippen LogP contribution >= 0.6 is 11.8 Å². The molecule has 1 aromatic carbocycles. The quantitative estimate of drug-likeness (QED) is 0.819. The highest BCUT2D eigenvalue weighted by Gasteiger charge is 2.22. The summed E-state index contributed by atoms with van der Waals surface area (Å²) in [5.74, 6) is 0.157. The standard InChI is InChI=1S/C18H22N2O3S/c1-22-9-7-20(8-10-23-2)13-3-5-15-17(11-13)24-18-12-14(21)4-6-16(18)19-15/h3-6,11,19H,7-10,12H2,1-2H3. The van der Waals surface area contributed by atoms with Crippen molar-refractivity contribution >= 4 is 28.9 Å². The monoisotopic (exact) mass is 346 g/mol. The maximum Gasteiger partial charge on any atom is 0.160 e. The zero-order valence-corrected chi connectivity index (χ0v) is 14.8. The third kappa shape index (κ3) is 3.83. The smallest absolute Gasteiger partial charge is 0.160 e. The largest absolute Gasteiger partial charge is 0.383 e. The van der Waals surface area contributed by atoms with Crippen LogP contribution in [0.15, 0.2) is 45.8 Å². The number of thioether (sulfide) groups is 1. The van der Waals surface area contributed by atoms with E-state index in [9.17, 15) is 4.79 Å². The molecule has 3 rings (SSSR count). The van der Waals surface area contributed by atoms with Crippen molar-refractivity contribution < 1.29 is 14.3 Å². The first kappa shape index (κ1) is 17.1. The number of rotatable bonds is 7. The first-order chi connectivity index (χ1) is 11.7. The van der Waals surface area contributed by atoms with Crippen LogP contribution < -0.4 is 10.2 Å². The van der Waals surface area contributed by atoms with Crippen molar-refractivity contribution in [3.8, 4) is 0 Å². The van der Waals surface area contributed by atoms with E-state index in [4.69, 9.17) is 9.47 Å². The second kappa shape index (κ2) is 7.88. The normalized spacial score (nSPS) is 15.8. The number of hydrogen-bond donors (Lipinski definition) is 1. The van der Waals surface area contributed by atoms with Crippen LogP contribution in [0.1, 0.15) is 6.42 Å². The molecule has 0 bridgehead atoms. The highest BCUT2D eigenvalue weighted by Crippen LogP contribution is 2.44. The molecule has 1 aromatic rings. The molecule has 2 aliphatic rings. The number of allylic oxidation sites excluding steroid dienone is 3. The number of carbonyl (C=O) groups is 1. The third-order valence-electron chi connectivity index (χ3n) is 4.03. The minimum absolute atomic E-state index is 0.157. The Morgan fingerprint density at radius 2 is 1.92 bits per heavy atom. The van der Waals surface area contributed by atoms with Gasteiger partial charge in [0, 0.05) is 54.9 Å². The molecule has 1 N–H and O–H groups in total. The summed E-state index contributed by atoms with van der Waals surface area (Å²) in [5, 5.41) is 3.42. The molecule has 0 unspecified atom stereocenters. The molecule has 128 valence electrons. The highest BCUT2D eigenvalue weighted by molar-refractivity contribution is 8.03. The fourth-order valence-electron chi connectivity index (χ4n) is 2.73. The van der Waals surface area contributed by atoms with Crippen molar-refractivity contribution in [3.63, 3.8) is 0 Å². The highest BCUT2D eigenvalue weighted by atomic mass is 32.2. The minimum Gasteiger partial charge on any atom is -0.383 e. The predicted octanol–water partition coefficient (Wildman–Crippen LogP) is 3.04. The first-order valence-electron chi connectivity index (χ1n) is 7.97. The average molecular weight is 346 g/mol. The lowest BCUT2D eigenvalue weighted by atomic mass is 10.1. The number of methoxy groups -OCH3 is 2. The van der Waals surface area contributed by atoms with Gasteiger partial charge in [0.2, 0.25) is 0 Å². The molecular formula is C18H22N2O3S. The zero-order valence-electron chi connectivity index (χ0n) is 14.0. The molecule has 1 aliphatic carbocycles. The zero-order chi connectivity index (χ0) is 16.9. The van der Waals surface area contributed by atoms with Crippen molar-refractivity contribution in [2.24, 2.45) is 0 Å². The van der Waals surface area contributed by atoms with Gasteiger partial charge in [0.05, 0.1) is 18.9 Å². The number of anilines is 2. The molecule has 5 nitrogen and oxygen atoms in total. The molecule has 24 heavy (non-hydrogen) atoms. The molecule has 0 spiro atoms. The summed E-state index contributed by atoms with van der Waals surface area (Å²) in [6.07, 6.45) is 3.99. The van der Waals surface area contributed by atoms with E-state index in [0.29, 0.717) is 19.6 Å². The molecule has 6 heteroatoms. The van der Waals surface area contributed by atoms with Crippen LogP contribution in [0.4, 0.5) is 11.4 Å². The van der Waals surface area contributed by atoms with Crippen LogP contribution in [-0.2, 0) is 14.3 Å². The molecule has 0 amide bonds. The summed E-state index contributed by atoms with van der Waals surface area (Å²) in [6.45, 7) is 2.96. The van der Waals surface area contributed by atoms with Gasteiger partial charge in [-0.3, -0.25) is 4.79 Å². The van der Waals surface area contributed by atoms with Crippen molar-refractivity contribution in [3.05, 3.63) is 41.0 Å². The first-order valence-corrected chi connectivity index (χ1v) is 8.78. The number of nitrogens with one attached hydrogen (secondary N) is 1. The van der Waals surface area contributed by atoms with Crippen molar-refractivity contribution in [2.45, 2.75) is 11.3 Å². The van der Waals surface area contributed by atoms with Crippen LogP contribution in [0, 0.1) is 0 Å². The van der Waals surface area contributed by atoms with E-state index in [-0.39, 0.29) is 5.78 Å². The number of hydrogen-bond acceptors (Lipinski definition) is 6. The van der Waals surface area contributed by atoms with Gasteiger partial charge in [-0.1, -0.05) is 11.8 Å². The summed E-state index contributed by atoms with van der Waals surface area (Å²) in [4.78, 5) is 16.1. The fraction of sp³-hybridized carbons (Fsp3) is 0.389. The topological polar surface area (TPSA) is 50.8 Å². The Balaban J connectivity index is 1.80. The van der Waals surface area contributed by atoms with E-state index in [1.807, 2.05) is 6.08 Å². The van der Waals surface area contributed by atoms with Gasteiger partial charge in [0.25, 0.3) is 0 Å². The summed E-state index contributed by atoms with van der Waals surface area (Å²) in [5.41, 5.74) is 3.26. The Morgan fingerprint density at radius 1 is 1.17 bits per heavy atom. The lowest BCUT2D eigenvalue weighted by Crippen LogP contribution is -2.30. The van der Waals surface area contributed by atoms with E-state index in [1.54, 1.807) is 32.1 Å². The molecule has 1 heterocycles. The van der Waals surface area contributed by atoms with Gasteiger partial charge in [-0.15, -0.1) is 0 Å². The van der Waals surface area contributed by atoms with Crippen LogP contribution in [0.5, 0.6) is 0 Å². The average Bonchev–Trinajstić information content (AvgIpc) is 2.59. The molecule has 0 saturated carbocycles. The van der Waals surface area contributed by atoms with Crippen molar-refractivity contribution in [1.82, 2.24) is 0 Å². The van der Waals surface area contributed by atoms with Crippen LogP contribution in [0.25, 0.3) is 0 Å². The van der Waals surface area contributed by atoms with Gasteiger partial charge in [0.15, 0.2) is 5.78 Å². The van der Waals surface area contributed by atoms with Gasteiger partial charge >= 0.3 is 0 Å². The van der Waals surface area contributed by atoms with Gasteiger partial charge in [-0.25, -0.2) is 0 Å². The summed E-state index contributed by atoms with van der Waals surface area (Å²) >= 11 is 1.68. The van der Waals surface area contributed by atoms with Crippen LogP contribution in [-0.4, -0.2) is 46.3 Å². The molecule has 0 radical (unpaired) electrons. The molecule has 0 aromatic heterocycles. The van der Waals surface area contributed by atoms with Crippen LogP contribution in [0.3, 0.4) is 0 Å². The van der Waals surface area contributed by atoms with Gasteiger partial charge in [0.1, 0.15) is 0 Å². The van der Waals surface area contributed by atoms with E-state index in [0.717, 1.165) is 40.0 Å². The van der Waals surface area contributed by atoms with Gasteiger partial charge in [-0.2, -0.15) is 0 Å². The van der Waals surface area contributed by atoms with E-state index in [1.165, 1.54) is 0 Å². The van der Waals surface area contributed by atoms with E-state index < -0.39 is 0 Å². The lowest BCUT2D eigenvalue weighted by molar-refractivity contribution is -0.114. The molecule has 0 atom stereocenters. The second-order valence-corrected chi connectivity index (χ2v) is 6.83. The minimum atomic E-state index is 0.157. The van der Waals surface area contributed by atoms with Gasteiger partial charge < -0.3 is 19.7 Å². The summed E-state index contributed by atoms with van der Waals surface area (Å²) in [6, 6.07) is 6.38. The predicted molar refractivity (Wildman–Crippen MR) is 97.7 cm³/mol. The number of benzene rings is 1. The Kier molecular flexibility index (Phi) is 5.60. The van der Waals surface area contributed by atoms with Crippen molar-refractivity contribution in [1.29, 1.82) is 0 Å². The molecule has 1 aliphatic heterocycles. The molecule has 0 fully saturated rings. The van der Waals surface area contributed by atoms with E-state index in [2.05, 4.69) is 28.4 Å². The number of fused-ring (bicyclic) bond motifs is 1. The number of carbonyl (C=O) groups excluding carboxylic acids is 1. The molecular weight excluding hydrogens is 324 g/mol. The fourth-order valence-corrected chi connectivity index (χ4v) is 3.85. The summed E-state index contributed by atoms with van der Waals surface area (Å²) < 4.78 is 10.4. The van der Waals surface area contributed by atoms with Crippen LogP contribution in [0.2, 0.25) is 0 Å². The number of ketones is 1. The number of ether oxygens (including phenoxy) is 2. The third-order valence-corrected chi connectivity index (χ3v) is 5.20. The molecule has 0 saturated heterocycles. The second-order valence-electron chi connectivity index (χ2n) is 5.69. The Bertz CT molecular complexity index is 677. The van der Waals surface area contributed by atoms with Crippen molar-refractivity contribution in [2.75, 3.05) is 50.7 Å². The SMILES string of the molecule is COCCN(CCOC)c1ccc2c(c1)SC1=C(C=CC(=O)C1)N2. The Labute approximate surface area is 146 Å². The Morgan fingerprint density at radius 3 is 2.62 bits per heavy atom. The lowest BCUT2D eigenvalue weighted by Gasteiger charge is -2.28. The van der Waals surface area contributed by atoms with Gasteiger partial charge in [-0.05, 0) is 30.4 Å². The maximum absolute atomic E-state index is 11.6.